The van der Waals surface area contributed by atoms with E-state index < -0.39 is 0 Å². The molecule has 0 aliphatic carbocycles. The maximum Gasteiger partial charge on any atom is 0.264 e. The van der Waals surface area contributed by atoms with Gasteiger partial charge in [-0.3, -0.25) is 14.2 Å². The molecule has 0 saturated heterocycles. The van der Waals surface area contributed by atoms with Gasteiger partial charge in [-0.15, -0.1) is 11.8 Å². The second-order valence-corrected chi connectivity index (χ2v) is 9.16. The van der Waals surface area contributed by atoms with Gasteiger partial charge < -0.3 is 4.90 Å². The summed E-state index contributed by atoms with van der Waals surface area (Å²) in [6.45, 7) is 2.63. The summed E-state index contributed by atoms with van der Waals surface area (Å²) in [6.07, 6.45) is 3.65. The minimum atomic E-state index is -0.359. The van der Waals surface area contributed by atoms with Crippen molar-refractivity contribution in [3.8, 4) is 5.69 Å². The minimum Gasteiger partial charge on any atom is -0.310 e. The Kier molecular flexibility index (Phi) is 5.26. The van der Waals surface area contributed by atoms with Crippen LogP contribution in [0.1, 0.15) is 13.3 Å². The molecule has 4 aromatic rings. The number of hydrogen-bond acceptors (Lipinski definition) is 5. The number of carbonyl (C=O) groups excluding carboxylic acids is 1. The van der Waals surface area contributed by atoms with Crippen LogP contribution < -0.4 is 10.5 Å². The summed E-state index contributed by atoms with van der Waals surface area (Å²) in [5.74, 6) is -0.525. The Hall–Kier alpha value is -3.46. The fourth-order valence-electron chi connectivity index (χ4n) is 3.81. The van der Waals surface area contributed by atoms with Gasteiger partial charge >= 0.3 is 0 Å². The van der Waals surface area contributed by atoms with Gasteiger partial charge in [-0.25, -0.2) is 14.1 Å². The van der Waals surface area contributed by atoms with Gasteiger partial charge in [0.2, 0.25) is 5.91 Å². The number of hydrogen-bond donors (Lipinski definition) is 0. The Morgan fingerprint density at radius 3 is 2.78 bits per heavy atom. The first-order valence-corrected chi connectivity index (χ1v) is 11.1. The Balaban J connectivity index is 1.46. The molecule has 2 aromatic carbocycles. The molecule has 2 aromatic heterocycles. The molecule has 9 heteroatoms. The summed E-state index contributed by atoms with van der Waals surface area (Å²) in [5.41, 5.74) is 1.48. The summed E-state index contributed by atoms with van der Waals surface area (Å²) < 4.78 is 16.0. The lowest BCUT2D eigenvalue weighted by atomic mass is 10.2. The smallest absolute Gasteiger partial charge is 0.264 e. The van der Waals surface area contributed by atoms with E-state index in [9.17, 15) is 14.0 Å². The zero-order valence-electron chi connectivity index (χ0n) is 17.3. The number of rotatable bonds is 3. The normalized spacial score (nSPS) is 16.1. The number of halogens is 1. The SMILES string of the molecule is C[C@H]1CCN(C(=O)Cn2cnc3c(cnn3-c3ccc(F)cc3)c2=O)c2ccccc2S1. The van der Waals surface area contributed by atoms with Gasteiger partial charge in [0.1, 0.15) is 24.1 Å². The van der Waals surface area contributed by atoms with Gasteiger partial charge in [0, 0.05) is 16.7 Å². The van der Waals surface area contributed by atoms with Crippen LogP contribution in [0.25, 0.3) is 16.7 Å². The fraction of sp³-hybridized carbons (Fsp3) is 0.217. The van der Waals surface area contributed by atoms with E-state index in [0.717, 1.165) is 17.0 Å². The van der Waals surface area contributed by atoms with Gasteiger partial charge in [0.25, 0.3) is 5.56 Å². The molecule has 0 spiro atoms. The first-order valence-electron chi connectivity index (χ1n) is 10.3. The van der Waals surface area contributed by atoms with Crippen molar-refractivity contribution in [3.05, 3.63) is 77.2 Å². The Bertz CT molecular complexity index is 1370. The van der Waals surface area contributed by atoms with Gasteiger partial charge in [-0.2, -0.15) is 5.10 Å². The molecule has 5 rings (SSSR count). The molecule has 0 N–H and O–H groups in total. The standard InChI is InChI=1S/C23H20FN5O2S/c1-15-10-11-28(19-4-2-3-5-20(19)32-15)21(30)13-27-14-25-22-18(23(27)31)12-26-29(22)17-8-6-16(24)7-9-17/h2-9,12,14-15H,10-11,13H2,1H3/t15-/m0/s1. The van der Waals surface area contributed by atoms with Crippen molar-refractivity contribution >= 4 is 34.4 Å². The van der Waals surface area contributed by atoms with Crippen LogP contribution in [0.3, 0.4) is 0 Å². The highest BCUT2D eigenvalue weighted by molar-refractivity contribution is 8.00. The Labute approximate surface area is 187 Å². The molecule has 162 valence electrons. The summed E-state index contributed by atoms with van der Waals surface area (Å²) in [7, 11) is 0. The van der Waals surface area contributed by atoms with Crippen molar-refractivity contribution in [1.82, 2.24) is 19.3 Å². The number of benzene rings is 2. The largest absolute Gasteiger partial charge is 0.310 e. The summed E-state index contributed by atoms with van der Waals surface area (Å²) in [6, 6.07) is 13.6. The van der Waals surface area contributed by atoms with Crippen molar-refractivity contribution in [2.24, 2.45) is 0 Å². The lowest BCUT2D eigenvalue weighted by molar-refractivity contribution is -0.119. The fourth-order valence-corrected chi connectivity index (χ4v) is 4.92. The number of fused-ring (bicyclic) bond motifs is 2. The average Bonchev–Trinajstić information content (AvgIpc) is 3.14. The monoisotopic (exact) mass is 449 g/mol. The molecule has 1 aliphatic heterocycles. The van der Waals surface area contributed by atoms with Crippen molar-refractivity contribution in [2.45, 2.75) is 30.0 Å². The lowest BCUT2D eigenvalue weighted by Gasteiger charge is -2.22. The second kappa shape index (κ2) is 8.23. The van der Waals surface area contributed by atoms with E-state index in [2.05, 4.69) is 17.0 Å². The van der Waals surface area contributed by atoms with E-state index in [1.807, 2.05) is 24.3 Å². The topological polar surface area (TPSA) is 73.0 Å². The molecule has 1 atom stereocenters. The molecule has 0 radical (unpaired) electrons. The van der Waals surface area contributed by atoms with Crippen LogP contribution >= 0.6 is 11.8 Å². The van der Waals surface area contributed by atoms with Crippen molar-refractivity contribution < 1.29 is 9.18 Å². The number of para-hydroxylation sites is 1. The van der Waals surface area contributed by atoms with Crippen LogP contribution in [0, 0.1) is 5.82 Å². The zero-order chi connectivity index (χ0) is 22.2. The number of carbonyl (C=O) groups is 1. The predicted octanol–water partition coefficient (Wildman–Crippen LogP) is 3.64. The molecule has 1 aliphatic rings. The molecular weight excluding hydrogens is 429 g/mol. The van der Waals surface area contributed by atoms with E-state index in [-0.39, 0.29) is 23.8 Å². The first kappa shape index (κ1) is 20.4. The van der Waals surface area contributed by atoms with Gasteiger partial charge in [-0.1, -0.05) is 19.1 Å². The highest BCUT2D eigenvalue weighted by atomic mass is 32.2. The van der Waals surface area contributed by atoms with Crippen molar-refractivity contribution in [1.29, 1.82) is 0 Å². The van der Waals surface area contributed by atoms with E-state index in [1.54, 1.807) is 28.8 Å². The quantitative estimate of drug-likeness (QED) is 0.478. The number of aromatic nitrogens is 4. The molecule has 3 heterocycles. The highest BCUT2D eigenvalue weighted by Gasteiger charge is 2.25. The van der Waals surface area contributed by atoms with Crippen LogP contribution in [-0.4, -0.2) is 37.0 Å². The maximum absolute atomic E-state index is 13.2. The minimum absolute atomic E-state index is 0.114. The lowest BCUT2D eigenvalue weighted by Crippen LogP contribution is -2.37. The molecule has 0 fully saturated rings. The Morgan fingerprint density at radius 2 is 1.97 bits per heavy atom. The molecule has 32 heavy (non-hydrogen) atoms. The van der Waals surface area contributed by atoms with Crippen LogP contribution in [0.2, 0.25) is 0 Å². The van der Waals surface area contributed by atoms with Crippen LogP contribution in [0.5, 0.6) is 0 Å². The Morgan fingerprint density at radius 1 is 1.19 bits per heavy atom. The molecule has 0 unspecified atom stereocenters. The number of nitrogens with zero attached hydrogens (tertiary/aromatic N) is 5. The summed E-state index contributed by atoms with van der Waals surface area (Å²) >= 11 is 1.76. The predicted molar refractivity (Wildman–Crippen MR) is 122 cm³/mol. The van der Waals surface area contributed by atoms with Gasteiger partial charge in [0.05, 0.1) is 17.6 Å². The third-order valence-electron chi connectivity index (χ3n) is 5.48. The molecule has 1 amide bonds. The van der Waals surface area contributed by atoms with Crippen LogP contribution in [0.15, 0.2) is 70.7 Å². The van der Waals surface area contributed by atoms with Crippen molar-refractivity contribution in [2.75, 3.05) is 11.4 Å². The third-order valence-corrected chi connectivity index (χ3v) is 6.71. The summed E-state index contributed by atoms with van der Waals surface area (Å²) in [5, 5.41) is 4.93. The number of anilines is 1. The van der Waals surface area contributed by atoms with E-state index in [4.69, 9.17) is 0 Å². The summed E-state index contributed by atoms with van der Waals surface area (Å²) in [4.78, 5) is 33.4. The third kappa shape index (κ3) is 3.69. The first-order chi connectivity index (χ1) is 15.5. The maximum atomic E-state index is 13.2. The van der Waals surface area contributed by atoms with E-state index in [1.165, 1.54) is 33.9 Å². The van der Waals surface area contributed by atoms with Crippen molar-refractivity contribution in [3.63, 3.8) is 0 Å². The molecule has 0 bridgehead atoms. The van der Waals surface area contributed by atoms with Gasteiger partial charge in [-0.05, 0) is 42.8 Å². The van der Waals surface area contributed by atoms with Crippen LogP contribution in [0.4, 0.5) is 10.1 Å². The number of amides is 1. The van der Waals surface area contributed by atoms with E-state index >= 15 is 0 Å². The molecule has 0 saturated carbocycles. The van der Waals surface area contributed by atoms with Gasteiger partial charge in [0.15, 0.2) is 5.65 Å². The van der Waals surface area contributed by atoms with Crippen LogP contribution in [-0.2, 0) is 11.3 Å². The number of thioether (sulfide) groups is 1. The second-order valence-electron chi connectivity index (χ2n) is 7.68. The molecular formula is C23H20FN5O2S. The van der Waals surface area contributed by atoms with E-state index in [0.29, 0.717) is 28.5 Å². The highest BCUT2D eigenvalue weighted by Crippen LogP contribution is 2.37. The zero-order valence-corrected chi connectivity index (χ0v) is 18.1. The average molecular weight is 450 g/mol. The molecule has 7 nitrogen and oxygen atoms in total.